The van der Waals surface area contributed by atoms with Crippen molar-refractivity contribution in [3.8, 4) is 5.88 Å². The molecule has 0 unspecified atom stereocenters. The SMILES string of the molecule is CC(C)Oc1ncccc1NCC1CC1. The van der Waals surface area contributed by atoms with E-state index in [4.69, 9.17) is 4.74 Å². The molecule has 3 heteroatoms. The highest BCUT2D eigenvalue weighted by atomic mass is 16.5. The molecule has 0 atom stereocenters. The number of hydrogen-bond acceptors (Lipinski definition) is 3. The van der Waals surface area contributed by atoms with E-state index in [9.17, 15) is 0 Å². The van der Waals surface area contributed by atoms with Crippen LogP contribution in [0.2, 0.25) is 0 Å². The lowest BCUT2D eigenvalue weighted by molar-refractivity contribution is 0.234. The number of nitrogens with one attached hydrogen (secondary N) is 1. The van der Waals surface area contributed by atoms with Crippen LogP contribution in [-0.2, 0) is 0 Å². The Bertz CT molecular complexity index is 321. The van der Waals surface area contributed by atoms with Crippen LogP contribution in [0.1, 0.15) is 26.7 Å². The summed E-state index contributed by atoms with van der Waals surface area (Å²) in [5.41, 5.74) is 1.01. The van der Waals surface area contributed by atoms with Crippen LogP contribution in [0.25, 0.3) is 0 Å². The molecule has 2 rings (SSSR count). The summed E-state index contributed by atoms with van der Waals surface area (Å²) in [6.45, 7) is 5.07. The van der Waals surface area contributed by atoms with E-state index in [1.54, 1.807) is 6.20 Å². The van der Waals surface area contributed by atoms with Crippen LogP contribution in [-0.4, -0.2) is 17.6 Å². The van der Waals surface area contributed by atoms with Gasteiger partial charge in [0, 0.05) is 12.7 Å². The van der Waals surface area contributed by atoms with Crippen molar-refractivity contribution in [3.63, 3.8) is 0 Å². The molecule has 0 bridgehead atoms. The van der Waals surface area contributed by atoms with Crippen LogP contribution >= 0.6 is 0 Å². The molecule has 3 nitrogen and oxygen atoms in total. The molecule has 0 saturated heterocycles. The highest BCUT2D eigenvalue weighted by Gasteiger charge is 2.21. The Kier molecular flexibility index (Phi) is 3.09. The molecule has 0 aromatic carbocycles. The zero-order valence-corrected chi connectivity index (χ0v) is 9.36. The second kappa shape index (κ2) is 4.51. The van der Waals surface area contributed by atoms with Gasteiger partial charge >= 0.3 is 0 Å². The molecule has 1 saturated carbocycles. The van der Waals surface area contributed by atoms with Crippen molar-refractivity contribution < 1.29 is 4.74 Å². The summed E-state index contributed by atoms with van der Waals surface area (Å²) in [5, 5.41) is 3.39. The normalized spacial score (nSPS) is 15.4. The summed E-state index contributed by atoms with van der Waals surface area (Å²) in [4.78, 5) is 4.23. The molecule has 1 aromatic rings. The molecule has 1 heterocycles. The third kappa shape index (κ3) is 3.11. The highest BCUT2D eigenvalue weighted by molar-refractivity contribution is 5.52. The minimum atomic E-state index is 0.168. The van der Waals surface area contributed by atoms with Crippen molar-refractivity contribution >= 4 is 5.69 Å². The summed E-state index contributed by atoms with van der Waals surface area (Å²) in [5.74, 6) is 1.57. The van der Waals surface area contributed by atoms with Gasteiger partial charge in [0.2, 0.25) is 5.88 Å². The minimum absolute atomic E-state index is 0.168. The predicted octanol–water partition coefficient (Wildman–Crippen LogP) is 2.69. The maximum absolute atomic E-state index is 5.62. The predicted molar refractivity (Wildman–Crippen MR) is 61.2 cm³/mol. The van der Waals surface area contributed by atoms with E-state index in [-0.39, 0.29) is 6.10 Å². The third-order valence-electron chi connectivity index (χ3n) is 2.40. The number of pyridine rings is 1. The third-order valence-corrected chi connectivity index (χ3v) is 2.40. The first-order chi connectivity index (χ1) is 7.25. The second-order valence-corrected chi connectivity index (χ2v) is 4.35. The van der Waals surface area contributed by atoms with Crippen LogP contribution in [0.4, 0.5) is 5.69 Å². The fourth-order valence-corrected chi connectivity index (χ4v) is 1.42. The molecule has 82 valence electrons. The van der Waals surface area contributed by atoms with Gasteiger partial charge in [-0.15, -0.1) is 0 Å². The van der Waals surface area contributed by atoms with Gasteiger partial charge in [-0.25, -0.2) is 4.98 Å². The van der Waals surface area contributed by atoms with Gasteiger partial charge in [-0.2, -0.15) is 0 Å². The van der Waals surface area contributed by atoms with Crippen LogP contribution in [0.5, 0.6) is 5.88 Å². The summed E-state index contributed by atoms with van der Waals surface area (Å²) in [6.07, 6.45) is 4.64. The van der Waals surface area contributed by atoms with E-state index < -0.39 is 0 Å². The van der Waals surface area contributed by atoms with Crippen molar-refractivity contribution in [3.05, 3.63) is 18.3 Å². The number of rotatable bonds is 5. The van der Waals surface area contributed by atoms with Crippen LogP contribution < -0.4 is 10.1 Å². The van der Waals surface area contributed by atoms with E-state index in [0.717, 1.165) is 18.2 Å². The largest absolute Gasteiger partial charge is 0.473 e. The zero-order chi connectivity index (χ0) is 10.7. The van der Waals surface area contributed by atoms with Gasteiger partial charge in [-0.05, 0) is 44.7 Å². The average Bonchev–Trinajstić information content (AvgIpc) is 2.99. The second-order valence-electron chi connectivity index (χ2n) is 4.35. The first-order valence-electron chi connectivity index (χ1n) is 5.61. The summed E-state index contributed by atoms with van der Waals surface area (Å²) >= 11 is 0. The van der Waals surface area contributed by atoms with Crippen molar-refractivity contribution in [2.24, 2.45) is 5.92 Å². The van der Waals surface area contributed by atoms with Crippen LogP contribution in [0.15, 0.2) is 18.3 Å². The van der Waals surface area contributed by atoms with Gasteiger partial charge < -0.3 is 10.1 Å². The molecule has 1 aliphatic rings. The summed E-state index contributed by atoms with van der Waals surface area (Å²) in [7, 11) is 0. The minimum Gasteiger partial charge on any atom is -0.473 e. The Morgan fingerprint density at radius 2 is 2.33 bits per heavy atom. The maximum atomic E-state index is 5.62. The molecule has 1 fully saturated rings. The van der Waals surface area contributed by atoms with Gasteiger partial charge in [0.25, 0.3) is 0 Å². The summed E-state index contributed by atoms with van der Waals surface area (Å²) < 4.78 is 5.62. The molecule has 0 spiro atoms. The fraction of sp³-hybridized carbons (Fsp3) is 0.583. The molecular weight excluding hydrogens is 188 g/mol. The lowest BCUT2D eigenvalue weighted by Gasteiger charge is -2.13. The Labute approximate surface area is 90.9 Å². The van der Waals surface area contributed by atoms with Gasteiger partial charge in [0.15, 0.2) is 0 Å². The van der Waals surface area contributed by atoms with E-state index in [1.807, 2.05) is 26.0 Å². The van der Waals surface area contributed by atoms with E-state index in [0.29, 0.717) is 5.88 Å². The average molecular weight is 206 g/mol. The number of aromatic nitrogens is 1. The molecule has 0 radical (unpaired) electrons. The van der Waals surface area contributed by atoms with Crippen LogP contribution in [0.3, 0.4) is 0 Å². The van der Waals surface area contributed by atoms with E-state index in [1.165, 1.54) is 12.8 Å². The van der Waals surface area contributed by atoms with Gasteiger partial charge in [0.1, 0.15) is 0 Å². The maximum Gasteiger partial charge on any atom is 0.237 e. The van der Waals surface area contributed by atoms with Crippen molar-refractivity contribution in [2.75, 3.05) is 11.9 Å². The quantitative estimate of drug-likeness (QED) is 0.804. The van der Waals surface area contributed by atoms with Gasteiger partial charge in [-0.1, -0.05) is 0 Å². The topological polar surface area (TPSA) is 34.1 Å². The Morgan fingerprint density at radius 1 is 1.53 bits per heavy atom. The lowest BCUT2D eigenvalue weighted by Crippen LogP contribution is -2.11. The Balaban J connectivity index is 1.99. The van der Waals surface area contributed by atoms with Crippen molar-refractivity contribution in [1.82, 2.24) is 4.98 Å². The molecule has 0 aliphatic heterocycles. The molecule has 1 aliphatic carbocycles. The molecular formula is C12H18N2O. The van der Waals surface area contributed by atoms with Crippen molar-refractivity contribution in [1.29, 1.82) is 0 Å². The first kappa shape index (κ1) is 10.3. The van der Waals surface area contributed by atoms with Crippen molar-refractivity contribution in [2.45, 2.75) is 32.8 Å². The van der Waals surface area contributed by atoms with E-state index >= 15 is 0 Å². The number of hydrogen-bond donors (Lipinski definition) is 1. The number of nitrogens with zero attached hydrogens (tertiary/aromatic N) is 1. The monoisotopic (exact) mass is 206 g/mol. The lowest BCUT2D eigenvalue weighted by atomic mass is 10.3. The zero-order valence-electron chi connectivity index (χ0n) is 9.36. The highest BCUT2D eigenvalue weighted by Crippen LogP contribution is 2.30. The molecule has 15 heavy (non-hydrogen) atoms. The molecule has 1 aromatic heterocycles. The van der Waals surface area contributed by atoms with E-state index in [2.05, 4.69) is 10.3 Å². The Hall–Kier alpha value is -1.25. The van der Waals surface area contributed by atoms with Gasteiger partial charge in [0.05, 0.1) is 11.8 Å². The smallest absolute Gasteiger partial charge is 0.237 e. The summed E-state index contributed by atoms with van der Waals surface area (Å²) in [6, 6.07) is 3.95. The molecule has 1 N–H and O–H groups in total. The fourth-order valence-electron chi connectivity index (χ4n) is 1.42. The van der Waals surface area contributed by atoms with Gasteiger partial charge in [-0.3, -0.25) is 0 Å². The first-order valence-corrected chi connectivity index (χ1v) is 5.61. The molecule has 0 amide bonds. The number of ether oxygens (including phenoxy) is 1. The Morgan fingerprint density at radius 3 is 3.00 bits per heavy atom. The standard InChI is InChI=1S/C12H18N2O/c1-9(2)15-12-11(4-3-7-13-12)14-8-10-5-6-10/h3-4,7,9-10,14H,5-6,8H2,1-2H3. The van der Waals surface area contributed by atoms with Crippen LogP contribution in [0, 0.1) is 5.92 Å². The number of anilines is 1.